The normalized spacial score (nSPS) is 13.9. The quantitative estimate of drug-likeness (QED) is 0.808. The first kappa shape index (κ1) is 12.9. The molecule has 3 rings (SSSR count). The van der Waals surface area contributed by atoms with E-state index in [-0.39, 0.29) is 11.8 Å². The molecule has 0 aliphatic carbocycles. The molecule has 0 saturated carbocycles. The Kier molecular flexibility index (Phi) is 3.31. The van der Waals surface area contributed by atoms with Gasteiger partial charge in [0.15, 0.2) is 0 Å². The maximum atomic E-state index is 12.1. The van der Waals surface area contributed by atoms with Gasteiger partial charge in [0.25, 0.3) is 11.8 Å². The Hall–Kier alpha value is -2.08. The Morgan fingerprint density at radius 2 is 1.75 bits per heavy atom. The van der Waals surface area contributed by atoms with Crippen molar-refractivity contribution in [3.63, 3.8) is 0 Å². The van der Waals surface area contributed by atoms with Crippen molar-refractivity contribution in [1.82, 2.24) is 15.1 Å². The molecule has 2 heterocycles. The van der Waals surface area contributed by atoms with Gasteiger partial charge in [0, 0.05) is 13.0 Å². The summed E-state index contributed by atoms with van der Waals surface area (Å²) in [6.45, 7) is 2.33. The van der Waals surface area contributed by atoms with Gasteiger partial charge in [-0.1, -0.05) is 12.1 Å². The van der Waals surface area contributed by atoms with Crippen molar-refractivity contribution in [2.24, 2.45) is 0 Å². The van der Waals surface area contributed by atoms with Crippen molar-refractivity contribution in [3.05, 3.63) is 45.4 Å². The molecule has 1 aromatic carbocycles. The molecular weight excluding hydrogens is 274 g/mol. The molecule has 0 atom stereocenters. The standard InChI is InChI=1S/C14H13N3O2S/c1-9-15-16-12(20-9)7-4-8-17-13(18)10-5-2-3-6-11(10)14(17)19/h2-3,5-6H,4,7-8H2,1H3. The Balaban J connectivity index is 1.65. The average molecular weight is 287 g/mol. The van der Waals surface area contributed by atoms with Crippen LogP contribution in [0.2, 0.25) is 0 Å². The van der Waals surface area contributed by atoms with Crippen LogP contribution < -0.4 is 0 Å². The van der Waals surface area contributed by atoms with Gasteiger partial charge in [-0.05, 0) is 25.5 Å². The van der Waals surface area contributed by atoms with Crippen LogP contribution in [-0.2, 0) is 6.42 Å². The first-order chi connectivity index (χ1) is 9.66. The van der Waals surface area contributed by atoms with E-state index in [0.29, 0.717) is 24.1 Å². The van der Waals surface area contributed by atoms with Crippen LogP contribution in [0.1, 0.15) is 37.2 Å². The third kappa shape index (κ3) is 2.22. The monoisotopic (exact) mass is 287 g/mol. The first-order valence-electron chi connectivity index (χ1n) is 6.41. The van der Waals surface area contributed by atoms with E-state index in [4.69, 9.17) is 0 Å². The molecule has 20 heavy (non-hydrogen) atoms. The molecular formula is C14H13N3O2S. The van der Waals surface area contributed by atoms with E-state index < -0.39 is 0 Å². The zero-order chi connectivity index (χ0) is 14.1. The highest BCUT2D eigenvalue weighted by Gasteiger charge is 2.34. The second-order valence-corrected chi connectivity index (χ2v) is 5.89. The molecule has 102 valence electrons. The Morgan fingerprint density at radius 3 is 2.30 bits per heavy atom. The van der Waals surface area contributed by atoms with Gasteiger partial charge in [0.1, 0.15) is 10.0 Å². The fraction of sp³-hybridized carbons (Fsp3) is 0.286. The van der Waals surface area contributed by atoms with Crippen LogP contribution >= 0.6 is 11.3 Å². The molecule has 1 aromatic heterocycles. The lowest BCUT2D eigenvalue weighted by Gasteiger charge is -2.12. The summed E-state index contributed by atoms with van der Waals surface area (Å²) in [5.41, 5.74) is 1.01. The van der Waals surface area contributed by atoms with Crippen LogP contribution in [0.3, 0.4) is 0 Å². The number of aromatic nitrogens is 2. The fourth-order valence-electron chi connectivity index (χ4n) is 2.27. The number of hydrogen-bond acceptors (Lipinski definition) is 5. The number of imide groups is 1. The topological polar surface area (TPSA) is 63.2 Å². The maximum absolute atomic E-state index is 12.1. The van der Waals surface area contributed by atoms with Gasteiger partial charge in [-0.25, -0.2) is 0 Å². The number of benzene rings is 1. The van der Waals surface area contributed by atoms with E-state index in [9.17, 15) is 9.59 Å². The molecule has 1 aliphatic rings. The molecule has 1 aliphatic heterocycles. The summed E-state index contributed by atoms with van der Waals surface area (Å²) in [6, 6.07) is 6.95. The highest BCUT2D eigenvalue weighted by molar-refractivity contribution is 7.11. The van der Waals surface area contributed by atoms with Gasteiger partial charge in [-0.3, -0.25) is 14.5 Å². The van der Waals surface area contributed by atoms with Gasteiger partial charge >= 0.3 is 0 Å². The summed E-state index contributed by atoms with van der Waals surface area (Å²) in [6.07, 6.45) is 1.44. The number of carbonyl (C=O) groups excluding carboxylic acids is 2. The second kappa shape index (κ2) is 5.13. The number of fused-ring (bicyclic) bond motifs is 1. The van der Waals surface area contributed by atoms with E-state index in [1.165, 1.54) is 4.90 Å². The van der Waals surface area contributed by atoms with E-state index in [0.717, 1.165) is 16.4 Å². The zero-order valence-electron chi connectivity index (χ0n) is 11.0. The van der Waals surface area contributed by atoms with Crippen LogP contribution in [-0.4, -0.2) is 33.5 Å². The number of rotatable bonds is 4. The van der Waals surface area contributed by atoms with Gasteiger partial charge in [-0.15, -0.1) is 21.5 Å². The van der Waals surface area contributed by atoms with Crippen molar-refractivity contribution < 1.29 is 9.59 Å². The van der Waals surface area contributed by atoms with Crippen molar-refractivity contribution >= 4 is 23.2 Å². The van der Waals surface area contributed by atoms with Gasteiger partial charge in [-0.2, -0.15) is 0 Å². The van der Waals surface area contributed by atoms with Crippen LogP contribution in [0, 0.1) is 6.92 Å². The SMILES string of the molecule is Cc1nnc(CCCN2C(=O)c3ccccc3C2=O)s1. The molecule has 0 fully saturated rings. The molecule has 5 nitrogen and oxygen atoms in total. The summed E-state index contributed by atoms with van der Waals surface area (Å²) in [4.78, 5) is 25.6. The first-order valence-corrected chi connectivity index (χ1v) is 7.22. The van der Waals surface area contributed by atoms with E-state index in [1.54, 1.807) is 35.6 Å². The molecule has 2 amide bonds. The summed E-state index contributed by atoms with van der Waals surface area (Å²) < 4.78 is 0. The predicted octanol–water partition coefficient (Wildman–Crippen LogP) is 2.08. The lowest BCUT2D eigenvalue weighted by atomic mass is 10.1. The van der Waals surface area contributed by atoms with Crippen LogP contribution in [0.15, 0.2) is 24.3 Å². The molecule has 6 heteroatoms. The Morgan fingerprint density at radius 1 is 1.10 bits per heavy atom. The summed E-state index contributed by atoms with van der Waals surface area (Å²) in [5.74, 6) is -0.391. The van der Waals surface area contributed by atoms with Gasteiger partial charge in [0.05, 0.1) is 11.1 Å². The smallest absolute Gasteiger partial charge is 0.261 e. The molecule has 0 saturated heterocycles. The number of amides is 2. The van der Waals surface area contributed by atoms with Crippen molar-refractivity contribution in [3.8, 4) is 0 Å². The highest BCUT2D eigenvalue weighted by atomic mass is 32.1. The minimum atomic E-state index is -0.195. The van der Waals surface area contributed by atoms with E-state index in [1.807, 2.05) is 6.92 Å². The molecule has 0 radical (unpaired) electrons. The Bertz CT molecular complexity index is 646. The summed E-state index contributed by atoms with van der Waals surface area (Å²) in [7, 11) is 0. The van der Waals surface area contributed by atoms with Crippen molar-refractivity contribution in [2.45, 2.75) is 19.8 Å². The summed E-state index contributed by atoms with van der Waals surface area (Å²) >= 11 is 1.55. The fourth-order valence-corrected chi connectivity index (χ4v) is 3.02. The third-order valence-corrected chi connectivity index (χ3v) is 4.12. The average Bonchev–Trinajstić information content (AvgIpc) is 2.97. The van der Waals surface area contributed by atoms with E-state index >= 15 is 0 Å². The summed E-state index contributed by atoms with van der Waals surface area (Å²) in [5, 5.41) is 9.86. The number of nitrogens with zero attached hydrogens (tertiary/aromatic N) is 3. The molecule has 2 aromatic rings. The van der Waals surface area contributed by atoms with Crippen LogP contribution in [0.25, 0.3) is 0 Å². The molecule has 0 spiro atoms. The number of carbonyl (C=O) groups is 2. The lowest BCUT2D eigenvalue weighted by molar-refractivity contribution is 0.0652. The Labute approximate surface area is 120 Å². The lowest BCUT2D eigenvalue weighted by Crippen LogP contribution is -2.30. The van der Waals surface area contributed by atoms with Crippen LogP contribution in [0.4, 0.5) is 0 Å². The zero-order valence-corrected chi connectivity index (χ0v) is 11.8. The third-order valence-electron chi connectivity index (χ3n) is 3.22. The van der Waals surface area contributed by atoms with Gasteiger partial charge < -0.3 is 0 Å². The van der Waals surface area contributed by atoms with E-state index in [2.05, 4.69) is 10.2 Å². The van der Waals surface area contributed by atoms with Crippen LogP contribution in [0.5, 0.6) is 0 Å². The van der Waals surface area contributed by atoms with Gasteiger partial charge in [0.2, 0.25) is 0 Å². The largest absolute Gasteiger partial charge is 0.274 e. The van der Waals surface area contributed by atoms with Crippen molar-refractivity contribution in [2.75, 3.05) is 6.54 Å². The maximum Gasteiger partial charge on any atom is 0.261 e. The number of aryl methyl sites for hydroxylation is 2. The minimum Gasteiger partial charge on any atom is -0.274 e. The second-order valence-electron chi connectivity index (χ2n) is 4.63. The molecule has 0 bridgehead atoms. The minimum absolute atomic E-state index is 0.195. The molecule has 0 N–H and O–H groups in total. The van der Waals surface area contributed by atoms with Crippen molar-refractivity contribution in [1.29, 1.82) is 0 Å². The predicted molar refractivity (Wildman–Crippen MR) is 74.8 cm³/mol. The number of hydrogen-bond donors (Lipinski definition) is 0. The molecule has 0 unspecified atom stereocenters. The highest BCUT2D eigenvalue weighted by Crippen LogP contribution is 2.22.